The summed E-state index contributed by atoms with van der Waals surface area (Å²) < 4.78 is 27.5. The molecule has 1 atom stereocenters. The fourth-order valence-electron chi connectivity index (χ4n) is 5.55. The number of hydrogen-bond acceptors (Lipinski definition) is 5. The van der Waals surface area contributed by atoms with E-state index in [1.165, 1.54) is 42.4 Å². The van der Waals surface area contributed by atoms with E-state index in [1.54, 1.807) is 24.3 Å². The van der Waals surface area contributed by atoms with Crippen LogP contribution in [0.1, 0.15) is 63.6 Å². The number of amides is 2. The SMILES string of the molecule is Cc1ccc(C)c(CN2C(=O)c3ccccc3S(=O)(=O)c3ccc(C(=O)NCCN4CCCC[C@H]4C)cc32)c1. The van der Waals surface area contributed by atoms with Crippen molar-refractivity contribution < 1.29 is 18.0 Å². The van der Waals surface area contributed by atoms with Crippen LogP contribution in [0, 0.1) is 13.8 Å². The van der Waals surface area contributed by atoms with Crippen molar-refractivity contribution in [2.75, 3.05) is 24.5 Å². The van der Waals surface area contributed by atoms with Gasteiger partial charge in [-0.05, 0) is 81.6 Å². The van der Waals surface area contributed by atoms with Crippen LogP contribution in [0.4, 0.5) is 5.69 Å². The second-order valence-electron chi connectivity index (χ2n) is 10.6. The highest BCUT2D eigenvalue weighted by molar-refractivity contribution is 7.91. The standard InChI is InChI=1S/C31H35N3O4S/c1-21-11-12-22(2)25(18-21)20-34-27-19-24(30(35)32-15-17-33-16-7-6-8-23(33)3)13-14-29(27)39(37,38)28-10-5-4-9-26(28)31(34)36/h4-5,9-14,18-19,23H,6-8,15-17,20H2,1-3H3,(H,32,35)/t23-/m1/s1. The minimum absolute atomic E-state index is 0.0183. The Labute approximate surface area is 230 Å². The zero-order valence-electron chi connectivity index (χ0n) is 22.7. The summed E-state index contributed by atoms with van der Waals surface area (Å²) in [5, 5.41) is 2.99. The van der Waals surface area contributed by atoms with E-state index >= 15 is 0 Å². The summed E-state index contributed by atoms with van der Waals surface area (Å²) in [5.74, 6) is -0.703. The molecule has 3 aromatic carbocycles. The molecule has 0 unspecified atom stereocenters. The molecular weight excluding hydrogens is 510 g/mol. The van der Waals surface area contributed by atoms with E-state index in [0.717, 1.165) is 29.8 Å². The van der Waals surface area contributed by atoms with Crippen molar-refractivity contribution in [3.05, 3.63) is 88.5 Å². The number of carbonyl (C=O) groups excluding carboxylic acids is 2. The van der Waals surface area contributed by atoms with Crippen LogP contribution < -0.4 is 10.2 Å². The average molecular weight is 546 g/mol. The zero-order chi connectivity index (χ0) is 27.7. The molecule has 1 N–H and O–H groups in total. The number of likely N-dealkylation sites (tertiary alicyclic amines) is 1. The number of aryl methyl sites for hydroxylation is 2. The molecule has 1 saturated heterocycles. The first kappa shape index (κ1) is 27.1. The van der Waals surface area contributed by atoms with Crippen molar-refractivity contribution in [1.82, 2.24) is 10.2 Å². The number of nitrogens with zero attached hydrogens (tertiary/aromatic N) is 2. The van der Waals surface area contributed by atoms with Crippen molar-refractivity contribution in [2.24, 2.45) is 0 Å². The number of nitrogens with one attached hydrogen (secondary N) is 1. The number of piperidine rings is 1. The molecule has 0 radical (unpaired) electrons. The van der Waals surface area contributed by atoms with Gasteiger partial charge in [0.15, 0.2) is 0 Å². The molecule has 7 nitrogen and oxygen atoms in total. The number of carbonyl (C=O) groups is 2. The Bertz CT molecular complexity index is 1530. The molecule has 2 aliphatic rings. The Morgan fingerprint density at radius 3 is 2.59 bits per heavy atom. The molecule has 5 rings (SSSR count). The van der Waals surface area contributed by atoms with Crippen LogP contribution in [0.25, 0.3) is 0 Å². The van der Waals surface area contributed by atoms with Crippen LogP contribution in [0.3, 0.4) is 0 Å². The van der Waals surface area contributed by atoms with Gasteiger partial charge in [-0.3, -0.25) is 14.5 Å². The summed E-state index contributed by atoms with van der Waals surface area (Å²) >= 11 is 0. The van der Waals surface area contributed by atoms with E-state index in [2.05, 4.69) is 17.1 Å². The van der Waals surface area contributed by atoms with E-state index in [1.807, 2.05) is 32.0 Å². The molecule has 0 spiro atoms. The average Bonchev–Trinajstić information content (AvgIpc) is 2.99. The highest BCUT2D eigenvalue weighted by atomic mass is 32.2. The summed E-state index contributed by atoms with van der Waals surface area (Å²) in [7, 11) is -4.00. The highest BCUT2D eigenvalue weighted by Gasteiger charge is 2.36. The van der Waals surface area contributed by atoms with Gasteiger partial charge in [0.05, 0.1) is 27.6 Å². The predicted molar refractivity (Wildman–Crippen MR) is 152 cm³/mol. The van der Waals surface area contributed by atoms with Crippen molar-refractivity contribution in [2.45, 2.75) is 62.4 Å². The lowest BCUT2D eigenvalue weighted by Gasteiger charge is -2.33. The molecule has 2 heterocycles. The fourth-order valence-corrected chi connectivity index (χ4v) is 7.18. The highest BCUT2D eigenvalue weighted by Crippen LogP contribution is 2.38. The summed E-state index contributed by atoms with van der Waals surface area (Å²) in [6, 6.07) is 17.3. The molecular formula is C31H35N3O4S. The van der Waals surface area contributed by atoms with Gasteiger partial charge in [0, 0.05) is 24.7 Å². The molecule has 0 bridgehead atoms. The van der Waals surface area contributed by atoms with Crippen molar-refractivity contribution in [3.63, 3.8) is 0 Å². The third-order valence-electron chi connectivity index (χ3n) is 7.91. The molecule has 0 saturated carbocycles. The van der Waals surface area contributed by atoms with Gasteiger partial charge in [-0.1, -0.05) is 42.3 Å². The lowest BCUT2D eigenvalue weighted by molar-refractivity contribution is 0.0936. The van der Waals surface area contributed by atoms with Crippen molar-refractivity contribution in [3.8, 4) is 0 Å². The maximum Gasteiger partial charge on any atom is 0.259 e. The fraction of sp³-hybridized carbons (Fsp3) is 0.355. The lowest BCUT2D eigenvalue weighted by Crippen LogP contribution is -2.42. The third-order valence-corrected chi connectivity index (χ3v) is 9.77. The quantitative estimate of drug-likeness (QED) is 0.476. The predicted octanol–water partition coefficient (Wildman–Crippen LogP) is 4.90. The summed E-state index contributed by atoms with van der Waals surface area (Å²) in [4.78, 5) is 31.0. The van der Waals surface area contributed by atoms with Gasteiger partial charge < -0.3 is 10.2 Å². The summed E-state index contributed by atoms with van der Waals surface area (Å²) in [5.41, 5.74) is 3.62. The maximum atomic E-state index is 13.9. The molecule has 2 amide bonds. The monoisotopic (exact) mass is 545 g/mol. The number of fused-ring (bicyclic) bond motifs is 2. The smallest absolute Gasteiger partial charge is 0.259 e. The number of rotatable bonds is 6. The van der Waals surface area contributed by atoms with Crippen LogP contribution in [-0.4, -0.2) is 50.8 Å². The molecule has 1 fully saturated rings. The van der Waals surface area contributed by atoms with Crippen LogP contribution in [0.2, 0.25) is 0 Å². The first-order chi connectivity index (χ1) is 18.7. The van der Waals surface area contributed by atoms with Crippen molar-refractivity contribution in [1.29, 1.82) is 0 Å². The minimum Gasteiger partial charge on any atom is -0.351 e. The van der Waals surface area contributed by atoms with Gasteiger partial charge in [-0.25, -0.2) is 8.42 Å². The van der Waals surface area contributed by atoms with Crippen LogP contribution in [0.5, 0.6) is 0 Å². The Morgan fingerprint density at radius 2 is 1.79 bits per heavy atom. The minimum atomic E-state index is -4.00. The summed E-state index contributed by atoms with van der Waals surface area (Å²) in [6.07, 6.45) is 3.58. The first-order valence-corrected chi connectivity index (χ1v) is 15.0. The molecule has 2 aliphatic heterocycles. The molecule has 0 aromatic heterocycles. The number of hydrogen-bond donors (Lipinski definition) is 1. The van der Waals surface area contributed by atoms with Gasteiger partial charge in [0.2, 0.25) is 9.84 Å². The van der Waals surface area contributed by atoms with Crippen LogP contribution >= 0.6 is 0 Å². The number of anilines is 1. The normalized spacial score (nSPS) is 18.7. The lowest BCUT2D eigenvalue weighted by atomic mass is 10.0. The third kappa shape index (κ3) is 5.36. The van der Waals surface area contributed by atoms with E-state index in [4.69, 9.17) is 0 Å². The van der Waals surface area contributed by atoms with Gasteiger partial charge in [0.1, 0.15) is 0 Å². The Balaban J connectivity index is 1.51. The van der Waals surface area contributed by atoms with E-state index in [9.17, 15) is 18.0 Å². The largest absolute Gasteiger partial charge is 0.351 e. The Morgan fingerprint density at radius 1 is 1.00 bits per heavy atom. The van der Waals surface area contributed by atoms with E-state index in [0.29, 0.717) is 18.2 Å². The topological polar surface area (TPSA) is 86.8 Å². The molecule has 3 aromatic rings. The molecule has 39 heavy (non-hydrogen) atoms. The molecule has 204 valence electrons. The van der Waals surface area contributed by atoms with Gasteiger partial charge in [0.25, 0.3) is 11.8 Å². The number of benzene rings is 3. The first-order valence-electron chi connectivity index (χ1n) is 13.6. The van der Waals surface area contributed by atoms with Gasteiger partial charge >= 0.3 is 0 Å². The Hall–Kier alpha value is -3.49. The zero-order valence-corrected chi connectivity index (χ0v) is 23.6. The molecule has 0 aliphatic carbocycles. The van der Waals surface area contributed by atoms with Crippen LogP contribution in [-0.2, 0) is 16.4 Å². The number of sulfone groups is 1. The van der Waals surface area contributed by atoms with Gasteiger partial charge in [-0.15, -0.1) is 0 Å². The van der Waals surface area contributed by atoms with Crippen LogP contribution in [0.15, 0.2) is 70.5 Å². The van der Waals surface area contributed by atoms with E-state index in [-0.39, 0.29) is 33.5 Å². The summed E-state index contributed by atoms with van der Waals surface area (Å²) in [6.45, 7) is 8.63. The second kappa shape index (κ2) is 10.9. The second-order valence-corrected chi connectivity index (χ2v) is 12.5. The Kier molecular flexibility index (Phi) is 7.60. The van der Waals surface area contributed by atoms with Gasteiger partial charge in [-0.2, -0.15) is 0 Å². The molecule has 8 heteroatoms. The van der Waals surface area contributed by atoms with Crippen molar-refractivity contribution >= 4 is 27.3 Å². The maximum absolute atomic E-state index is 13.9. The van der Waals surface area contributed by atoms with E-state index < -0.39 is 15.7 Å².